The standard InChI is InChI=1S/C6H11NO2/c1-5(7)3-2-4-6(8)9/h2-3,5H,4,7H2,1H3,(H,8,9)/b3-2+/t5-/m0/s1. The van der Waals surface area contributed by atoms with Gasteiger partial charge in [0.15, 0.2) is 0 Å². The van der Waals surface area contributed by atoms with Gasteiger partial charge in [0, 0.05) is 6.04 Å². The largest absolute Gasteiger partial charge is 0.481 e. The van der Waals surface area contributed by atoms with Gasteiger partial charge in [0.05, 0.1) is 6.42 Å². The van der Waals surface area contributed by atoms with Crippen molar-refractivity contribution in [3.8, 4) is 0 Å². The lowest BCUT2D eigenvalue weighted by atomic mass is 10.3. The van der Waals surface area contributed by atoms with E-state index in [2.05, 4.69) is 0 Å². The van der Waals surface area contributed by atoms with Gasteiger partial charge in [-0.05, 0) is 6.92 Å². The lowest BCUT2D eigenvalue weighted by molar-refractivity contribution is -0.136. The van der Waals surface area contributed by atoms with Gasteiger partial charge < -0.3 is 10.8 Å². The first kappa shape index (κ1) is 8.17. The third-order valence-corrected chi connectivity index (χ3v) is 0.732. The molecule has 0 aliphatic rings. The van der Waals surface area contributed by atoms with Crippen LogP contribution in [0, 0.1) is 0 Å². The van der Waals surface area contributed by atoms with E-state index in [0.29, 0.717) is 0 Å². The van der Waals surface area contributed by atoms with Crippen molar-refractivity contribution in [2.75, 3.05) is 0 Å². The molecule has 0 radical (unpaired) electrons. The molecule has 0 saturated heterocycles. The molecule has 0 aromatic rings. The van der Waals surface area contributed by atoms with E-state index < -0.39 is 5.97 Å². The molecule has 0 bridgehead atoms. The van der Waals surface area contributed by atoms with Crippen LogP contribution in [-0.4, -0.2) is 17.1 Å². The summed E-state index contributed by atoms with van der Waals surface area (Å²) in [6.07, 6.45) is 3.27. The predicted molar refractivity (Wildman–Crippen MR) is 35.0 cm³/mol. The lowest BCUT2D eigenvalue weighted by Crippen LogP contribution is -2.10. The SMILES string of the molecule is C[C@H](N)/C=C/CC(=O)O. The molecule has 1 atom stereocenters. The minimum Gasteiger partial charge on any atom is -0.481 e. The van der Waals surface area contributed by atoms with Gasteiger partial charge in [-0.3, -0.25) is 4.79 Å². The van der Waals surface area contributed by atoms with Crippen LogP contribution < -0.4 is 5.73 Å². The van der Waals surface area contributed by atoms with E-state index in [9.17, 15) is 4.79 Å². The van der Waals surface area contributed by atoms with Crippen LogP contribution in [0.3, 0.4) is 0 Å². The van der Waals surface area contributed by atoms with Crippen LogP contribution in [0.1, 0.15) is 13.3 Å². The van der Waals surface area contributed by atoms with Gasteiger partial charge in [-0.2, -0.15) is 0 Å². The minimum absolute atomic E-state index is 0.0515. The fraction of sp³-hybridized carbons (Fsp3) is 0.500. The molecule has 0 fully saturated rings. The first-order chi connectivity index (χ1) is 4.13. The molecule has 0 aromatic carbocycles. The number of hydrogen-bond donors (Lipinski definition) is 2. The monoisotopic (exact) mass is 129 g/mol. The van der Waals surface area contributed by atoms with Crippen LogP contribution in [0.25, 0.3) is 0 Å². The summed E-state index contributed by atoms with van der Waals surface area (Å²) in [6.45, 7) is 1.79. The number of hydrogen-bond acceptors (Lipinski definition) is 2. The van der Waals surface area contributed by atoms with Gasteiger partial charge in [-0.25, -0.2) is 0 Å². The summed E-state index contributed by atoms with van der Waals surface area (Å²) in [5.74, 6) is -0.827. The average Bonchev–Trinajstić information content (AvgIpc) is 1.63. The van der Waals surface area contributed by atoms with Crippen molar-refractivity contribution in [1.82, 2.24) is 0 Å². The zero-order valence-electron chi connectivity index (χ0n) is 5.37. The summed E-state index contributed by atoms with van der Waals surface area (Å²) >= 11 is 0. The highest BCUT2D eigenvalue weighted by atomic mass is 16.4. The lowest BCUT2D eigenvalue weighted by Gasteiger charge is -1.91. The Hall–Kier alpha value is -0.830. The second-order valence-corrected chi connectivity index (χ2v) is 1.89. The van der Waals surface area contributed by atoms with Gasteiger partial charge in [0.1, 0.15) is 0 Å². The Bertz CT molecular complexity index is 118. The van der Waals surface area contributed by atoms with E-state index in [1.54, 1.807) is 19.1 Å². The second-order valence-electron chi connectivity index (χ2n) is 1.89. The van der Waals surface area contributed by atoms with E-state index in [4.69, 9.17) is 10.8 Å². The van der Waals surface area contributed by atoms with Crippen molar-refractivity contribution in [2.24, 2.45) is 5.73 Å². The Morgan fingerprint density at radius 2 is 2.44 bits per heavy atom. The maximum absolute atomic E-state index is 9.89. The maximum Gasteiger partial charge on any atom is 0.307 e. The van der Waals surface area contributed by atoms with Gasteiger partial charge in [0.25, 0.3) is 0 Å². The summed E-state index contributed by atoms with van der Waals surface area (Å²) < 4.78 is 0. The Morgan fingerprint density at radius 1 is 1.89 bits per heavy atom. The molecule has 3 nitrogen and oxygen atoms in total. The molecule has 9 heavy (non-hydrogen) atoms. The molecule has 0 spiro atoms. The highest BCUT2D eigenvalue weighted by Crippen LogP contribution is 1.84. The molecular weight excluding hydrogens is 118 g/mol. The van der Waals surface area contributed by atoms with Crippen molar-refractivity contribution >= 4 is 5.97 Å². The highest BCUT2D eigenvalue weighted by Gasteiger charge is 1.89. The van der Waals surface area contributed by atoms with Crippen LogP contribution in [0.2, 0.25) is 0 Å². The van der Waals surface area contributed by atoms with Crippen molar-refractivity contribution in [3.63, 3.8) is 0 Å². The molecule has 0 aliphatic carbocycles. The maximum atomic E-state index is 9.89. The zero-order valence-corrected chi connectivity index (χ0v) is 5.37. The molecular formula is C6H11NO2. The number of carbonyl (C=O) groups is 1. The first-order valence-corrected chi connectivity index (χ1v) is 2.77. The fourth-order valence-electron chi connectivity index (χ4n) is 0.384. The zero-order chi connectivity index (χ0) is 7.28. The number of carboxylic acids is 1. The summed E-state index contributed by atoms with van der Waals surface area (Å²) in [5, 5.41) is 8.13. The van der Waals surface area contributed by atoms with Crippen LogP contribution in [0.4, 0.5) is 0 Å². The molecule has 52 valence electrons. The Kier molecular flexibility index (Phi) is 3.71. The van der Waals surface area contributed by atoms with Crippen molar-refractivity contribution in [3.05, 3.63) is 12.2 Å². The van der Waals surface area contributed by atoms with Crippen LogP contribution in [0.5, 0.6) is 0 Å². The summed E-state index contributed by atoms with van der Waals surface area (Å²) in [5.41, 5.74) is 5.30. The van der Waals surface area contributed by atoms with E-state index in [1.807, 2.05) is 0 Å². The number of rotatable bonds is 3. The molecule has 0 heterocycles. The van der Waals surface area contributed by atoms with Crippen LogP contribution in [0.15, 0.2) is 12.2 Å². The van der Waals surface area contributed by atoms with E-state index in [0.717, 1.165) is 0 Å². The van der Waals surface area contributed by atoms with Gasteiger partial charge in [0.2, 0.25) is 0 Å². The summed E-state index contributed by atoms with van der Waals surface area (Å²) in [7, 11) is 0. The van der Waals surface area contributed by atoms with E-state index in [-0.39, 0.29) is 12.5 Å². The van der Waals surface area contributed by atoms with Gasteiger partial charge >= 0.3 is 5.97 Å². The highest BCUT2D eigenvalue weighted by molar-refractivity contribution is 5.68. The van der Waals surface area contributed by atoms with Crippen LogP contribution >= 0.6 is 0 Å². The third kappa shape index (κ3) is 7.17. The quantitative estimate of drug-likeness (QED) is 0.541. The number of nitrogens with two attached hydrogens (primary N) is 1. The normalized spacial score (nSPS) is 14.0. The molecule has 0 unspecified atom stereocenters. The number of aliphatic carboxylic acids is 1. The van der Waals surface area contributed by atoms with E-state index >= 15 is 0 Å². The Morgan fingerprint density at radius 3 is 2.78 bits per heavy atom. The Labute approximate surface area is 54.2 Å². The molecule has 3 heteroatoms. The molecule has 0 amide bonds. The van der Waals surface area contributed by atoms with Gasteiger partial charge in [-0.1, -0.05) is 12.2 Å². The van der Waals surface area contributed by atoms with Crippen molar-refractivity contribution in [1.29, 1.82) is 0 Å². The topological polar surface area (TPSA) is 63.3 Å². The summed E-state index contributed by atoms with van der Waals surface area (Å²) in [4.78, 5) is 9.89. The van der Waals surface area contributed by atoms with Gasteiger partial charge in [-0.15, -0.1) is 0 Å². The van der Waals surface area contributed by atoms with Crippen molar-refractivity contribution in [2.45, 2.75) is 19.4 Å². The smallest absolute Gasteiger partial charge is 0.307 e. The molecule has 0 aromatic heterocycles. The van der Waals surface area contributed by atoms with Crippen LogP contribution in [-0.2, 0) is 4.79 Å². The van der Waals surface area contributed by atoms with E-state index in [1.165, 1.54) is 0 Å². The predicted octanol–water partition coefficient (Wildman–Crippen LogP) is 0.365. The summed E-state index contributed by atoms with van der Waals surface area (Å²) in [6, 6.07) is -0.0515. The third-order valence-electron chi connectivity index (χ3n) is 0.732. The molecule has 3 N–H and O–H groups in total. The average molecular weight is 129 g/mol. The molecule has 0 saturated carbocycles. The second kappa shape index (κ2) is 4.09. The van der Waals surface area contributed by atoms with Crippen molar-refractivity contribution < 1.29 is 9.90 Å². The molecule has 0 rings (SSSR count). The molecule has 0 aliphatic heterocycles. The first-order valence-electron chi connectivity index (χ1n) is 2.77. The minimum atomic E-state index is -0.827. The Balaban J connectivity index is 3.36. The fourth-order valence-corrected chi connectivity index (χ4v) is 0.384. The number of carboxylic acid groups (broad SMARTS) is 1.